The molecule has 1 heterocycles. The van der Waals surface area contributed by atoms with E-state index in [-0.39, 0.29) is 18.1 Å². The minimum Gasteiger partial charge on any atom is -0.488 e. The summed E-state index contributed by atoms with van der Waals surface area (Å²) >= 11 is 13.0. The predicted molar refractivity (Wildman–Crippen MR) is 140 cm³/mol. The maximum Gasteiger partial charge on any atom is 0.294 e. The zero-order valence-electron chi connectivity index (χ0n) is 18.6. The Labute approximate surface area is 216 Å². The van der Waals surface area contributed by atoms with Gasteiger partial charge in [0.1, 0.15) is 18.9 Å². The molecule has 1 N–H and O–H groups in total. The first kappa shape index (κ1) is 24.9. The van der Waals surface area contributed by atoms with Gasteiger partial charge in [-0.2, -0.15) is 0 Å². The van der Waals surface area contributed by atoms with Crippen molar-refractivity contribution in [1.29, 1.82) is 0 Å². The van der Waals surface area contributed by atoms with Gasteiger partial charge in [0.2, 0.25) is 5.91 Å². The van der Waals surface area contributed by atoms with Gasteiger partial charge in [-0.05, 0) is 78.4 Å². The number of thioether (sulfide) groups is 1. The summed E-state index contributed by atoms with van der Waals surface area (Å²) in [6, 6.07) is 19.5. The van der Waals surface area contributed by atoms with Crippen molar-refractivity contribution in [2.24, 2.45) is 0 Å². The van der Waals surface area contributed by atoms with Crippen molar-refractivity contribution >= 4 is 63.8 Å². The van der Waals surface area contributed by atoms with E-state index in [9.17, 15) is 14.4 Å². The van der Waals surface area contributed by atoms with Crippen LogP contribution in [-0.4, -0.2) is 28.5 Å². The summed E-state index contributed by atoms with van der Waals surface area (Å²) in [6.07, 6.45) is 1.54. The maximum atomic E-state index is 12.9. The molecule has 3 amide bonds. The highest BCUT2D eigenvalue weighted by molar-refractivity contribution is 8.18. The molecule has 35 heavy (non-hydrogen) atoms. The summed E-state index contributed by atoms with van der Waals surface area (Å²) < 4.78 is 5.93. The third-order valence-corrected chi connectivity index (χ3v) is 6.40. The molecular formula is C26H20Cl2N2O4S. The third kappa shape index (κ3) is 6.45. The van der Waals surface area contributed by atoms with Crippen LogP contribution in [0.2, 0.25) is 10.0 Å². The van der Waals surface area contributed by atoms with Gasteiger partial charge in [0.25, 0.3) is 11.1 Å². The van der Waals surface area contributed by atoms with Crippen molar-refractivity contribution < 1.29 is 19.1 Å². The number of imide groups is 1. The lowest BCUT2D eigenvalue weighted by Gasteiger charge is -2.13. The van der Waals surface area contributed by atoms with E-state index in [4.69, 9.17) is 27.9 Å². The fraction of sp³-hybridized carbons (Fsp3) is 0.115. The molecule has 4 rings (SSSR count). The molecule has 0 saturated carbocycles. The highest BCUT2D eigenvalue weighted by Gasteiger charge is 2.36. The van der Waals surface area contributed by atoms with Crippen LogP contribution in [-0.2, 0) is 16.2 Å². The van der Waals surface area contributed by atoms with Gasteiger partial charge in [-0.3, -0.25) is 19.3 Å². The molecule has 1 saturated heterocycles. The van der Waals surface area contributed by atoms with Crippen LogP contribution < -0.4 is 10.1 Å². The van der Waals surface area contributed by atoms with E-state index >= 15 is 0 Å². The third-order valence-electron chi connectivity index (χ3n) is 5.02. The van der Waals surface area contributed by atoms with E-state index in [2.05, 4.69) is 5.32 Å². The van der Waals surface area contributed by atoms with Gasteiger partial charge >= 0.3 is 0 Å². The fourth-order valence-electron chi connectivity index (χ4n) is 3.40. The topological polar surface area (TPSA) is 75.7 Å². The molecule has 6 nitrogen and oxygen atoms in total. The molecule has 1 aliphatic rings. The number of rotatable bonds is 7. The minimum atomic E-state index is -0.555. The molecule has 0 atom stereocenters. The molecule has 1 fully saturated rings. The molecule has 3 aromatic rings. The summed E-state index contributed by atoms with van der Waals surface area (Å²) in [7, 11) is 0. The summed E-state index contributed by atoms with van der Waals surface area (Å²) in [5.74, 6) is -0.536. The van der Waals surface area contributed by atoms with Crippen molar-refractivity contribution in [2.45, 2.75) is 13.5 Å². The number of nitrogens with one attached hydrogen (secondary N) is 1. The van der Waals surface area contributed by atoms with Crippen LogP contribution in [0, 0.1) is 6.92 Å². The van der Waals surface area contributed by atoms with Crippen LogP contribution >= 0.6 is 35.0 Å². The Kier molecular flexibility index (Phi) is 7.80. The highest BCUT2D eigenvalue weighted by Crippen LogP contribution is 2.35. The van der Waals surface area contributed by atoms with Gasteiger partial charge in [-0.15, -0.1) is 0 Å². The van der Waals surface area contributed by atoms with E-state index in [1.165, 1.54) is 0 Å². The first-order valence-electron chi connectivity index (χ1n) is 10.6. The number of hydrogen-bond donors (Lipinski definition) is 1. The lowest BCUT2D eigenvalue weighted by atomic mass is 10.1. The molecule has 9 heteroatoms. The second-order valence-electron chi connectivity index (χ2n) is 7.79. The first-order valence-corrected chi connectivity index (χ1v) is 12.1. The Morgan fingerprint density at radius 2 is 1.80 bits per heavy atom. The van der Waals surface area contributed by atoms with Crippen molar-refractivity contribution in [3.05, 3.63) is 98.4 Å². The SMILES string of the molecule is Cc1cccc(NC(=O)CN2C(=O)S/C(=C/c3cc(Cl)ccc3OCc3cccc(Cl)c3)C2=O)c1. The number of anilines is 1. The van der Waals surface area contributed by atoms with Gasteiger partial charge in [-0.25, -0.2) is 0 Å². The zero-order chi connectivity index (χ0) is 24.9. The van der Waals surface area contributed by atoms with Crippen LogP contribution in [0.5, 0.6) is 5.75 Å². The number of carbonyl (C=O) groups is 3. The number of benzene rings is 3. The molecule has 1 aliphatic heterocycles. The summed E-state index contributed by atoms with van der Waals surface area (Å²) in [6.45, 7) is 1.77. The number of ether oxygens (including phenoxy) is 1. The second-order valence-corrected chi connectivity index (χ2v) is 9.65. The zero-order valence-corrected chi connectivity index (χ0v) is 20.9. The largest absolute Gasteiger partial charge is 0.488 e. The van der Waals surface area contributed by atoms with E-state index in [1.54, 1.807) is 48.5 Å². The lowest BCUT2D eigenvalue weighted by Crippen LogP contribution is -2.36. The molecule has 0 bridgehead atoms. The monoisotopic (exact) mass is 526 g/mol. The average Bonchev–Trinajstić information content (AvgIpc) is 3.06. The summed E-state index contributed by atoms with van der Waals surface area (Å²) in [4.78, 5) is 39.0. The van der Waals surface area contributed by atoms with E-state index in [0.29, 0.717) is 27.0 Å². The van der Waals surface area contributed by atoms with Gasteiger partial charge in [-0.1, -0.05) is 47.5 Å². The Morgan fingerprint density at radius 1 is 1.03 bits per heavy atom. The minimum absolute atomic E-state index is 0.174. The smallest absolute Gasteiger partial charge is 0.294 e. The quantitative estimate of drug-likeness (QED) is 0.353. The molecule has 178 valence electrons. The highest BCUT2D eigenvalue weighted by atomic mass is 35.5. The van der Waals surface area contributed by atoms with Crippen LogP contribution in [0.15, 0.2) is 71.6 Å². The Bertz CT molecular complexity index is 1340. The van der Waals surface area contributed by atoms with Gasteiger partial charge < -0.3 is 10.1 Å². The standard InChI is InChI=1S/C26H20Cl2N2O4S/c1-16-4-2-7-21(10-16)29-24(31)14-30-25(32)23(35-26(30)33)13-18-12-20(28)8-9-22(18)34-15-17-5-3-6-19(27)11-17/h2-13H,14-15H2,1H3,(H,29,31)/b23-13+. The molecule has 0 unspecified atom stereocenters. The number of amides is 3. The lowest BCUT2D eigenvalue weighted by molar-refractivity contribution is -0.127. The van der Waals surface area contributed by atoms with Gasteiger partial charge in [0.15, 0.2) is 0 Å². The van der Waals surface area contributed by atoms with E-state index in [1.807, 2.05) is 31.2 Å². The number of nitrogens with zero attached hydrogens (tertiary/aromatic N) is 1. The molecule has 3 aromatic carbocycles. The number of halogens is 2. The normalized spacial score (nSPS) is 14.5. The second kappa shape index (κ2) is 11.0. The van der Waals surface area contributed by atoms with Crippen LogP contribution in [0.1, 0.15) is 16.7 Å². The molecule has 0 radical (unpaired) electrons. The Morgan fingerprint density at radius 3 is 2.57 bits per heavy atom. The summed E-state index contributed by atoms with van der Waals surface area (Å²) in [5.41, 5.74) is 2.98. The molecule has 0 spiro atoms. The Balaban J connectivity index is 1.48. The Hall–Kier alpha value is -3.26. The van der Waals surface area contributed by atoms with E-state index in [0.717, 1.165) is 27.8 Å². The van der Waals surface area contributed by atoms with E-state index < -0.39 is 17.1 Å². The van der Waals surface area contributed by atoms with Crippen molar-refractivity contribution in [3.63, 3.8) is 0 Å². The average molecular weight is 527 g/mol. The molecule has 0 aromatic heterocycles. The molecule has 0 aliphatic carbocycles. The number of carbonyl (C=O) groups excluding carboxylic acids is 3. The van der Waals surface area contributed by atoms with Crippen LogP contribution in [0.25, 0.3) is 6.08 Å². The van der Waals surface area contributed by atoms with Gasteiger partial charge in [0.05, 0.1) is 4.91 Å². The van der Waals surface area contributed by atoms with Crippen LogP contribution in [0.4, 0.5) is 10.5 Å². The predicted octanol–water partition coefficient (Wildman–Crippen LogP) is 6.56. The molecular weight excluding hydrogens is 507 g/mol. The van der Waals surface area contributed by atoms with Crippen molar-refractivity contribution in [1.82, 2.24) is 4.90 Å². The number of hydrogen-bond acceptors (Lipinski definition) is 5. The maximum absolute atomic E-state index is 12.9. The van der Waals surface area contributed by atoms with Crippen molar-refractivity contribution in [3.8, 4) is 5.75 Å². The van der Waals surface area contributed by atoms with Gasteiger partial charge in [0, 0.05) is 21.3 Å². The number of aryl methyl sites for hydroxylation is 1. The fourth-order valence-corrected chi connectivity index (χ4v) is 4.62. The summed E-state index contributed by atoms with van der Waals surface area (Å²) in [5, 5.41) is 3.23. The van der Waals surface area contributed by atoms with Crippen molar-refractivity contribution in [2.75, 3.05) is 11.9 Å². The van der Waals surface area contributed by atoms with Crippen LogP contribution in [0.3, 0.4) is 0 Å². The first-order chi connectivity index (χ1) is 16.8.